The zero-order chi connectivity index (χ0) is 17.3. The van der Waals surface area contributed by atoms with Crippen LogP contribution in [-0.2, 0) is 6.54 Å². The molecule has 0 spiro atoms. The van der Waals surface area contributed by atoms with Gasteiger partial charge in [0.15, 0.2) is 5.82 Å². The lowest BCUT2D eigenvalue weighted by molar-refractivity contribution is 0.198. The van der Waals surface area contributed by atoms with Gasteiger partial charge in [-0.25, -0.2) is 4.98 Å². The molecule has 1 N–H and O–H groups in total. The minimum absolute atomic E-state index is 0.0817. The van der Waals surface area contributed by atoms with Crippen LogP contribution in [0.1, 0.15) is 50.3 Å². The van der Waals surface area contributed by atoms with Crippen LogP contribution < -0.4 is 5.56 Å². The highest BCUT2D eigenvalue weighted by atomic mass is 16.5. The van der Waals surface area contributed by atoms with Crippen molar-refractivity contribution in [3.05, 3.63) is 52.2 Å². The Bertz CT molecular complexity index is 899. The SMILES string of the molecule is CC(C)c1noc([C@@H](C)N(C)Cc2nc3ccccc3c(=O)[nH]2)n1. The normalized spacial score (nSPS) is 13.1. The molecular formula is C17H21N5O2. The summed E-state index contributed by atoms with van der Waals surface area (Å²) in [6.07, 6.45) is 0. The highest BCUT2D eigenvalue weighted by molar-refractivity contribution is 5.77. The summed E-state index contributed by atoms with van der Waals surface area (Å²) in [5.41, 5.74) is 0.564. The predicted molar refractivity (Wildman–Crippen MR) is 90.6 cm³/mol. The molecule has 24 heavy (non-hydrogen) atoms. The number of hydrogen-bond acceptors (Lipinski definition) is 6. The van der Waals surface area contributed by atoms with Crippen molar-refractivity contribution in [1.29, 1.82) is 0 Å². The van der Waals surface area contributed by atoms with Gasteiger partial charge in [0, 0.05) is 5.92 Å². The van der Waals surface area contributed by atoms with Crippen molar-refractivity contribution < 1.29 is 4.52 Å². The first-order valence-electron chi connectivity index (χ1n) is 7.97. The molecule has 0 amide bonds. The van der Waals surface area contributed by atoms with Gasteiger partial charge in [-0.2, -0.15) is 4.98 Å². The molecule has 0 bridgehead atoms. The Hall–Kier alpha value is -2.54. The monoisotopic (exact) mass is 327 g/mol. The van der Waals surface area contributed by atoms with Gasteiger partial charge in [-0.3, -0.25) is 9.69 Å². The van der Waals surface area contributed by atoms with E-state index in [0.717, 1.165) is 0 Å². The molecule has 2 heterocycles. The quantitative estimate of drug-likeness (QED) is 0.775. The van der Waals surface area contributed by atoms with Crippen LogP contribution >= 0.6 is 0 Å². The number of H-pyrrole nitrogens is 1. The van der Waals surface area contributed by atoms with Gasteiger partial charge >= 0.3 is 0 Å². The average molecular weight is 327 g/mol. The molecule has 3 rings (SSSR count). The third-order valence-electron chi connectivity index (χ3n) is 4.05. The molecular weight excluding hydrogens is 306 g/mol. The number of rotatable bonds is 5. The molecule has 0 radical (unpaired) electrons. The van der Waals surface area contributed by atoms with Crippen molar-refractivity contribution in [1.82, 2.24) is 25.0 Å². The minimum Gasteiger partial charge on any atom is -0.338 e. The second kappa shape index (κ2) is 6.52. The summed E-state index contributed by atoms with van der Waals surface area (Å²) in [6, 6.07) is 7.22. The number of benzene rings is 1. The van der Waals surface area contributed by atoms with Gasteiger partial charge < -0.3 is 9.51 Å². The number of nitrogens with one attached hydrogen (secondary N) is 1. The summed E-state index contributed by atoms with van der Waals surface area (Å²) >= 11 is 0. The first-order valence-corrected chi connectivity index (χ1v) is 7.97. The first kappa shape index (κ1) is 16.3. The summed E-state index contributed by atoms with van der Waals surface area (Å²) in [5, 5.41) is 4.59. The van der Waals surface area contributed by atoms with E-state index < -0.39 is 0 Å². The fourth-order valence-electron chi connectivity index (χ4n) is 2.42. The van der Waals surface area contributed by atoms with Crippen molar-refractivity contribution in [2.75, 3.05) is 7.05 Å². The molecule has 1 atom stereocenters. The molecule has 7 heteroatoms. The number of para-hydroxylation sites is 1. The number of fused-ring (bicyclic) bond motifs is 1. The Morgan fingerprint density at radius 2 is 1.96 bits per heavy atom. The average Bonchev–Trinajstić information content (AvgIpc) is 3.04. The smallest absolute Gasteiger partial charge is 0.258 e. The molecule has 0 fully saturated rings. The second-order valence-corrected chi connectivity index (χ2v) is 6.27. The zero-order valence-electron chi connectivity index (χ0n) is 14.3. The highest BCUT2D eigenvalue weighted by Crippen LogP contribution is 2.20. The van der Waals surface area contributed by atoms with Gasteiger partial charge in [0.2, 0.25) is 5.89 Å². The van der Waals surface area contributed by atoms with Crippen LogP contribution in [0, 0.1) is 0 Å². The van der Waals surface area contributed by atoms with Crippen molar-refractivity contribution in [2.45, 2.75) is 39.3 Å². The van der Waals surface area contributed by atoms with Crippen molar-refractivity contribution in [3.63, 3.8) is 0 Å². The van der Waals surface area contributed by atoms with E-state index in [0.29, 0.717) is 35.0 Å². The number of nitrogens with zero attached hydrogens (tertiary/aromatic N) is 4. The van der Waals surface area contributed by atoms with E-state index in [9.17, 15) is 4.79 Å². The van der Waals surface area contributed by atoms with Gasteiger partial charge in [-0.15, -0.1) is 0 Å². The summed E-state index contributed by atoms with van der Waals surface area (Å²) in [4.78, 5) is 25.9. The molecule has 7 nitrogen and oxygen atoms in total. The molecule has 126 valence electrons. The Morgan fingerprint density at radius 1 is 1.21 bits per heavy atom. The molecule has 3 aromatic rings. The molecule has 2 aromatic heterocycles. The number of aromatic nitrogens is 4. The zero-order valence-corrected chi connectivity index (χ0v) is 14.3. The number of aromatic amines is 1. The second-order valence-electron chi connectivity index (χ2n) is 6.27. The lowest BCUT2D eigenvalue weighted by Crippen LogP contribution is -2.25. The van der Waals surface area contributed by atoms with E-state index in [1.165, 1.54) is 0 Å². The van der Waals surface area contributed by atoms with Crippen LogP contribution in [0.3, 0.4) is 0 Å². The Morgan fingerprint density at radius 3 is 2.67 bits per heavy atom. The van der Waals surface area contributed by atoms with Crippen molar-refractivity contribution in [3.8, 4) is 0 Å². The lowest BCUT2D eigenvalue weighted by atomic mass is 10.2. The van der Waals surface area contributed by atoms with Crippen LogP contribution in [0.25, 0.3) is 10.9 Å². The largest absolute Gasteiger partial charge is 0.338 e. The van der Waals surface area contributed by atoms with Crippen LogP contribution in [-0.4, -0.2) is 32.1 Å². The van der Waals surface area contributed by atoms with Crippen molar-refractivity contribution in [2.24, 2.45) is 0 Å². The maximum absolute atomic E-state index is 12.1. The Labute approximate surface area is 139 Å². The summed E-state index contributed by atoms with van der Waals surface area (Å²) < 4.78 is 5.35. The Kier molecular flexibility index (Phi) is 4.44. The fourth-order valence-corrected chi connectivity index (χ4v) is 2.42. The van der Waals surface area contributed by atoms with Gasteiger partial charge in [0.1, 0.15) is 5.82 Å². The van der Waals surface area contributed by atoms with Crippen LogP contribution in [0.15, 0.2) is 33.6 Å². The summed E-state index contributed by atoms with van der Waals surface area (Å²) in [7, 11) is 1.93. The lowest BCUT2D eigenvalue weighted by Gasteiger charge is -2.20. The third-order valence-corrected chi connectivity index (χ3v) is 4.05. The van der Waals surface area contributed by atoms with Gasteiger partial charge in [0.25, 0.3) is 5.56 Å². The fraction of sp³-hybridized carbons (Fsp3) is 0.412. The van der Waals surface area contributed by atoms with E-state index >= 15 is 0 Å². The maximum Gasteiger partial charge on any atom is 0.258 e. The van der Waals surface area contributed by atoms with Crippen LogP contribution in [0.5, 0.6) is 0 Å². The third kappa shape index (κ3) is 3.21. The maximum atomic E-state index is 12.1. The molecule has 0 unspecified atom stereocenters. The molecule has 0 aliphatic carbocycles. The standard InChI is InChI=1S/C17H21N5O2/c1-10(2)15-20-17(24-21-15)11(3)22(4)9-14-18-13-8-6-5-7-12(13)16(23)19-14/h5-8,10-11H,9H2,1-4H3,(H,18,19,23)/t11-/m1/s1. The van der Waals surface area contributed by atoms with E-state index in [1.54, 1.807) is 6.07 Å². The molecule has 0 saturated carbocycles. The highest BCUT2D eigenvalue weighted by Gasteiger charge is 2.20. The summed E-state index contributed by atoms with van der Waals surface area (Å²) in [6.45, 7) is 6.50. The van der Waals surface area contributed by atoms with E-state index in [4.69, 9.17) is 4.52 Å². The van der Waals surface area contributed by atoms with E-state index in [2.05, 4.69) is 20.1 Å². The Balaban J connectivity index is 1.80. The van der Waals surface area contributed by atoms with Crippen LogP contribution in [0.2, 0.25) is 0 Å². The molecule has 1 aromatic carbocycles. The molecule has 0 aliphatic rings. The minimum atomic E-state index is -0.128. The van der Waals surface area contributed by atoms with Gasteiger partial charge in [0.05, 0.1) is 23.5 Å². The molecule has 0 aliphatic heterocycles. The number of hydrogen-bond donors (Lipinski definition) is 1. The van der Waals surface area contributed by atoms with E-state index in [-0.39, 0.29) is 17.5 Å². The van der Waals surface area contributed by atoms with E-state index in [1.807, 2.05) is 50.9 Å². The van der Waals surface area contributed by atoms with Gasteiger partial charge in [-0.05, 0) is 26.1 Å². The summed E-state index contributed by atoms with van der Waals surface area (Å²) in [5.74, 6) is 2.09. The first-order chi connectivity index (χ1) is 11.5. The molecule has 0 saturated heterocycles. The van der Waals surface area contributed by atoms with Gasteiger partial charge in [-0.1, -0.05) is 31.1 Å². The van der Waals surface area contributed by atoms with Crippen molar-refractivity contribution >= 4 is 10.9 Å². The topological polar surface area (TPSA) is 87.9 Å². The van der Waals surface area contributed by atoms with Crippen LogP contribution in [0.4, 0.5) is 0 Å². The predicted octanol–water partition coefficient (Wildman–Crippen LogP) is 2.62.